The van der Waals surface area contributed by atoms with E-state index in [1.54, 1.807) is 12.1 Å². The molecular weight excluding hydrogens is 267 g/mol. The van der Waals surface area contributed by atoms with E-state index in [0.29, 0.717) is 12.6 Å². The SMILES string of the molecule is OCCCC1CCCN1Cc1ccc(C(F)(F)F)cc1. The number of nitrogens with zero attached hydrogens (tertiary/aromatic N) is 1. The number of alkyl halides is 3. The fourth-order valence-electron chi connectivity index (χ4n) is 2.79. The van der Waals surface area contributed by atoms with E-state index in [0.717, 1.165) is 49.9 Å². The second-order valence-electron chi connectivity index (χ2n) is 5.33. The Morgan fingerprint density at radius 3 is 2.50 bits per heavy atom. The number of hydrogen-bond donors (Lipinski definition) is 1. The molecule has 0 radical (unpaired) electrons. The van der Waals surface area contributed by atoms with Crippen molar-refractivity contribution < 1.29 is 18.3 Å². The minimum atomic E-state index is -4.27. The van der Waals surface area contributed by atoms with Crippen molar-refractivity contribution in [3.05, 3.63) is 35.4 Å². The normalized spacial score (nSPS) is 20.5. The van der Waals surface area contributed by atoms with Crippen LogP contribution in [0.25, 0.3) is 0 Å². The van der Waals surface area contributed by atoms with Gasteiger partial charge in [0, 0.05) is 19.2 Å². The Hall–Kier alpha value is -1.07. The van der Waals surface area contributed by atoms with Crippen LogP contribution in [0.1, 0.15) is 36.8 Å². The van der Waals surface area contributed by atoms with Crippen LogP contribution in [0.3, 0.4) is 0 Å². The lowest BCUT2D eigenvalue weighted by Gasteiger charge is -2.24. The molecule has 1 fully saturated rings. The zero-order valence-corrected chi connectivity index (χ0v) is 11.4. The lowest BCUT2D eigenvalue weighted by Crippen LogP contribution is -2.29. The van der Waals surface area contributed by atoms with Crippen molar-refractivity contribution >= 4 is 0 Å². The first-order valence-electron chi connectivity index (χ1n) is 7.02. The fraction of sp³-hybridized carbons (Fsp3) is 0.600. The summed E-state index contributed by atoms with van der Waals surface area (Å²) in [7, 11) is 0. The summed E-state index contributed by atoms with van der Waals surface area (Å²) in [4.78, 5) is 2.30. The molecule has 0 amide bonds. The van der Waals surface area contributed by atoms with E-state index < -0.39 is 11.7 Å². The molecular formula is C15H20F3NO. The van der Waals surface area contributed by atoms with Crippen LogP contribution < -0.4 is 0 Å². The number of likely N-dealkylation sites (tertiary alicyclic amines) is 1. The Bertz CT molecular complexity index is 416. The second kappa shape index (κ2) is 6.59. The van der Waals surface area contributed by atoms with Crippen LogP contribution in [0.15, 0.2) is 24.3 Å². The molecule has 1 heterocycles. The topological polar surface area (TPSA) is 23.5 Å². The molecule has 2 nitrogen and oxygen atoms in total. The quantitative estimate of drug-likeness (QED) is 0.896. The molecule has 1 aliphatic heterocycles. The third-order valence-electron chi connectivity index (χ3n) is 3.86. The highest BCUT2D eigenvalue weighted by atomic mass is 19.4. The summed E-state index contributed by atoms with van der Waals surface area (Å²) in [6.07, 6.45) is -0.293. The summed E-state index contributed by atoms with van der Waals surface area (Å²) in [5.41, 5.74) is 0.313. The highest BCUT2D eigenvalue weighted by Gasteiger charge is 2.30. The lowest BCUT2D eigenvalue weighted by molar-refractivity contribution is -0.137. The largest absolute Gasteiger partial charge is 0.416 e. The van der Waals surface area contributed by atoms with Gasteiger partial charge in [-0.1, -0.05) is 12.1 Å². The van der Waals surface area contributed by atoms with Gasteiger partial charge in [-0.25, -0.2) is 0 Å². The average molecular weight is 287 g/mol. The zero-order chi connectivity index (χ0) is 14.6. The van der Waals surface area contributed by atoms with Gasteiger partial charge in [0.15, 0.2) is 0 Å². The molecule has 1 aromatic carbocycles. The molecule has 0 spiro atoms. The van der Waals surface area contributed by atoms with Gasteiger partial charge < -0.3 is 5.11 Å². The molecule has 20 heavy (non-hydrogen) atoms. The number of hydrogen-bond acceptors (Lipinski definition) is 2. The Balaban J connectivity index is 1.95. The number of benzene rings is 1. The van der Waals surface area contributed by atoms with Crippen molar-refractivity contribution in [2.24, 2.45) is 0 Å². The smallest absolute Gasteiger partial charge is 0.396 e. The van der Waals surface area contributed by atoms with Crippen LogP contribution in [-0.2, 0) is 12.7 Å². The number of rotatable bonds is 5. The van der Waals surface area contributed by atoms with E-state index in [4.69, 9.17) is 5.11 Å². The van der Waals surface area contributed by atoms with Crippen LogP contribution in [0.4, 0.5) is 13.2 Å². The Labute approximate surface area is 117 Å². The van der Waals surface area contributed by atoms with Gasteiger partial charge in [0.2, 0.25) is 0 Å². The van der Waals surface area contributed by atoms with Crippen molar-refractivity contribution in [3.63, 3.8) is 0 Å². The van der Waals surface area contributed by atoms with Gasteiger partial charge in [-0.3, -0.25) is 4.90 Å². The van der Waals surface area contributed by atoms with Gasteiger partial charge in [-0.05, 0) is 49.9 Å². The molecule has 0 bridgehead atoms. The summed E-state index contributed by atoms with van der Waals surface area (Å²) in [5.74, 6) is 0. The van der Waals surface area contributed by atoms with Crippen molar-refractivity contribution in [2.75, 3.05) is 13.2 Å². The monoisotopic (exact) mass is 287 g/mol. The Kier molecular flexibility index (Phi) is 5.05. The third-order valence-corrected chi connectivity index (χ3v) is 3.86. The number of halogens is 3. The molecule has 0 aromatic heterocycles. The van der Waals surface area contributed by atoms with Crippen molar-refractivity contribution in [3.8, 4) is 0 Å². The molecule has 1 unspecified atom stereocenters. The summed E-state index contributed by atoms with van der Waals surface area (Å²) in [6.45, 7) is 1.87. The van der Waals surface area contributed by atoms with Crippen LogP contribution in [0.5, 0.6) is 0 Å². The minimum absolute atomic E-state index is 0.199. The van der Waals surface area contributed by atoms with Crippen molar-refractivity contribution in [1.29, 1.82) is 0 Å². The van der Waals surface area contributed by atoms with Gasteiger partial charge in [-0.15, -0.1) is 0 Å². The first kappa shape index (κ1) is 15.3. The molecule has 0 aliphatic carbocycles. The van der Waals surface area contributed by atoms with Crippen LogP contribution >= 0.6 is 0 Å². The van der Waals surface area contributed by atoms with Gasteiger partial charge >= 0.3 is 6.18 Å². The fourth-order valence-corrected chi connectivity index (χ4v) is 2.79. The minimum Gasteiger partial charge on any atom is -0.396 e. The van der Waals surface area contributed by atoms with E-state index in [-0.39, 0.29) is 6.61 Å². The summed E-state index contributed by atoms with van der Waals surface area (Å²) in [6, 6.07) is 5.86. The van der Waals surface area contributed by atoms with E-state index in [1.165, 1.54) is 0 Å². The third kappa shape index (κ3) is 3.96. The van der Waals surface area contributed by atoms with Gasteiger partial charge in [-0.2, -0.15) is 13.2 Å². The first-order valence-corrected chi connectivity index (χ1v) is 7.02. The standard InChI is InChI=1S/C15H20F3NO/c16-15(17,18)13-7-5-12(6-8-13)11-19-9-1-3-14(19)4-2-10-20/h5-8,14,20H,1-4,9-11H2. The maximum atomic E-state index is 12.5. The van der Waals surface area contributed by atoms with Gasteiger partial charge in [0.1, 0.15) is 0 Å². The predicted octanol–water partition coefficient (Wildman–Crippen LogP) is 3.44. The molecule has 2 rings (SSSR count). The van der Waals surface area contributed by atoms with E-state index in [2.05, 4.69) is 4.90 Å². The molecule has 5 heteroatoms. The highest BCUT2D eigenvalue weighted by molar-refractivity contribution is 5.24. The maximum Gasteiger partial charge on any atom is 0.416 e. The average Bonchev–Trinajstić information content (AvgIpc) is 2.83. The summed E-state index contributed by atoms with van der Waals surface area (Å²) in [5, 5.41) is 8.88. The maximum absolute atomic E-state index is 12.5. The second-order valence-corrected chi connectivity index (χ2v) is 5.33. The van der Waals surface area contributed by atoms with Gasteiger partial charge in [0.25, 0.3) is 0 Å². The zero-order valence-electron chi connectivity index (χ0n) is 11.4. The molecule has 112 valence electrons. The predicted molar refractivity (Wildman–Crippen MR) is 71.2 cm³/mol. The molecule has 0 saturated carbocycles. The van der Waals surface area contributed by atoms with E-state index in [9.17, 15) is 13.2 Å². The molecule has 1 atom stereocenters. The van der Waals surface area contributed by atoms with Crippen LogP contribution in [-0.4, -0.2) is 29.2 Å². The van der Waals surface area contributed by atoms with Crippen LogP contribution in [0, 0.1) is 0 Å². The Morgan fingerprint density at radius 2 is 1.90 bits per heavy atom. The van der Waals surface area contributed by atoms with Crippen molar-refractivity contribution in [1.82, 2.24) is 4.90 Å². The van der Waals surface area contributed by atoms with Crippen molar-refractivity contribution in [2.45, 2.75) is 44.4 Å². The van der Waals surface area contributed by atoms with E-state index in [1.807, 2.05) is 0 Å². The molecule has 1 N–H and O–H groups in total. The van der Waals surface area contributed by atoms with Gasteiger partial charge in [0.05, 0.1) is 5.56 Å². The summed E-state index contributed by atoms with van der Waals surface area (Å²) >= 11 is 0. The molecule has 1 saturated heterocycles. The lowest BCUT2D eigenvalue weighted by atomic mass is 10.1. The van der Waals surface area contributed by atoms with Crippen LogP contribution in [0.2, 0.25) is 0 Å². The number of aliphatic hydroxyl groups excluding tert-OH is 1. The number of aliphatic hydroxyl groups is 1. The Morgan fingerprint density at radius 1 is 1.20 bits per heavy atom. The first-order chi connectivity index (χ1) is 9.50. The highest BCUT2D eigenvalue weighted by Crippen LogP contribution is 2.30. The summed E-state index contributed by atoms with van der Waals surface area (Å²) < 4.78 is 37.5. The molecule has 1 aromatic rings. The van der Waals surface area contributed by atoms with E-state index >= 15 is 0 Å². The molecule has 1 aliphatic rings.